The number of benzene rings is 6. The molecule has 0 saturated carbocycles. The van der Waals surface area contributed by atoms with Gasteiger partial charge in [-0.05, 0) is 71.5 Å². The fourth-order valence-corrected chi connectivity index (χ4v) is 5.39. The second-order valence-corrected chi connectivity index (χ2v) is 11.2. The van der Waals surface area contributed by atoms with E-state index in [1.54, 1.807) is 0 Å². The molecule has 0 saturated heterocycles. The van der Waals surface area contributed by atoms with Crippen LogP contribution in [-0.2, 0) is 0 Å². The van der Waals surface area contributed by atoms with Crippen LogP contribution in [0.3, 0.4) is 0 Å². The molecule has 1 nitrogen and oxygen atoms in total. The van der Waals surface area contributed by atoms with Crippen molar-refractivity contribution in [3.63, 3.8) is 0 Å². The zero-order chi connectivity index (χ0) is 30.8. The predicted octanol–water partition coefficient (Wildman–Crippen LogP) is 11.7. The molecule has 0 N–H and O–H groups in total. The third kappa shape index (κ3) is 7.47. The average molecular weight is 580 g/mol. The van der Waals surface area contributed by atoms with Crippen LogP contribution >= 0.6 is 0 Å². The van der Waals surface area contributed by atoms with Gasteiger partial charge in [0.1, 0.15) is 0 Å². The molecule has 218 valence electrons. The van der Waals surface area contributed by atoms with Gasteiger partial charge in [0.05, 0.1) is 0 Å². The molecule has 0 aliphatic heterocycles. The van der Waals surface area contributed by atoms with E-state index < -0.39 is 0 Å². The highest BCUT2D eigenvalue weighted by molar-refractivity contribution is 5.84. The van der Waals surface area contributed by atoms with Crippen molar-refractivity contribution in [3.8, 4) is 0 Å². The summed E-state index contributed by atoms with van der Waals surface area (Å²) in [5, 5.41) is 0. The third-order valence-corrected chi connectivity index (χ3v) is 7.91. The first-order valence-electron chi connectivity index (χ1n) is 15.4. The van der Waals surface area contributed by atoms with Gasteiger partial charge in [-0.25, -0.2) is 0 Å². The number of aryl methyl sites for hydroxylation is 2. The second kappa shape index (κ2) is 14.2. The molecule has 0 bridgehead atoms. The lowest BCUT2D eigenvalue weighted by Crippen LogP contribution is -2.10. The number of hydrogen-bond donors (Lipinski definition) is 0. The van der Waals surface area contributed by atoms with E-state index in [0.29, 0.717) is 0 Å². The minimum absolute atomic E-state index is 1.10. The SMILES string of the molecule is Cc1ccc(C(=C/C=C/c2ccc(N(C=C(c3ccccc3)c3ccccc3)c3ccccc3)cc2)c2ccc(C)cc2)cc1. The Morgan fingerprint density at radius 1 is 0.422 bits per heavy atom. The summed E-state index contributed by atoms with van der Waals surface area (Å²) in [5.41, 5.74) is 13.0. The minimum Gasteiger partial charge on any atom is -0.317 e. The van der Waals surface area contributed by atoms with Gasteiger partial charge in [-0.15, -0.1) is 0 Å². The largest absolute Gasteiger partial charge is 0.317 e. The highest BCUT2D eigenvalue weighted by Gasteiger charge is 2.12. The summed E-state index contributed by atoms with van der Waals surface area (Å²) in [4.78, 5) is 2.27. The van der Waals surface area contributed by atoms with E-state index >= 15 is 0 Å². The summed E-state index contributed by atoms with van der Waals surface area (Å²) in [6.45, 7) is 4.25. The van der Waals surface area contributed by atoms with Crippen molar-refractivity contribution < 1.29 is 0 Å². The van der Waals surface area contributed by atoms with Crippen LogP contribution in [0.1, 0.15) is 38.9 Å². The maximum atomic E-state index is 2.27. The lowest BCUT2D eigenvalue weighted by molar-refractivity contribution is 1.28. The molecular weight excluding hydrogens is 542 g/mol. The smallest absolute Gasteiger partial charge is 0.0456 e. The Labute approximate surface area is 267 Å². The highest BCUT2D eigenvalue weighted by Crippen LogP contribution is 2.32. The quantitative estimate of drug-likeness (QED) is 0.154. The van der Waals surface area contributed by atoms with Crippen molar-refractivity contribution in [2.45, 2.75) is 13.8 Å². The zero-order valence-electron chi connectivity index (χ0n) is 25.8. The van der Waals surface area contributed by atoms with E-state index in [-0.39, 0.29) is 0 Å². The summed E-state index contributed by atoms with van der Waals surface area (Å²) < 4.78 is 0. The zero-order valence-corrected chi connectivity index (χ0v) is 25.8. The van der Waals surface area contributed by atoms with Crippen molar-refractivity contribution in [1.82, 2.24) is 0 Å². The predicted molar refractivity (Wildman–Crippen MR) is 193 cm³/mol. The first-order chi connectivity index (χ1) is 22.1. The van der Waals surface area contributed by atoms with Crippen LogP contribution in [0.5, 0.6) is 0 Å². The molecule has 0 radical (unpaired) electrons. The van der Waals surface area contributed by atoms with Gasteiger partial charge in [0.25, 0.3) is 0 Å². The minimum atomic E-state index is 1.10. The summed E-state index contributed by atoms with van der Waals surface area (Å²) in [6.07, 6.45) is 8.80. The van der Waals surface area contributed by atoms with Crippen LogP contribution < -0.4 is 4.90 Å². The first kappa shape index (κ1) is 29.4. The standard InChI is InChI=1S/C44H37N/c1-34-21-27-39(28-22-34)43(40-29-23-35(2)24-30-40)20-12-13-36-25-31-42(32-26-36)45(41-18-10-5-11-19-41)33-44(37-14-6-3-7-15-37)38-16-8-4-9-17-38/h3-33H,1-2H3/b13-12+. The molecule has 0 aromatic heterocycles. The molecule has 1 heteroatoms. The Morgan fingerprint density at radius 2 is 0.844 bits per heavy atom. The Hall–Kier alpha value is -5.66. The molecule has 0 heterocycles. The summed E-state index contributed by atoms with van der Waals surface area (Å²) in [5.74, 6) is 0. The Morgan fingerprint density at radius 3 is 1.33 bits per heavy atom. The molecule has 6 rings (SSSR count). The average Bonchev–Trinajstić information content (AvgIpc) is 3.10. The monoisotopic (exact) mass is 579 g/mol. The first-order valence-corrected chi connectivity index (χ1v) is 15.4. The topological polar surface area (TPSA) is 3.24 Å². The molecule has 0 fully saturated rings. The number of hydrogen-bond acceptors (Lipinski definition) is 1. The number of allylic oxidation sites excluding steroid dienone is 2. The van der Waals surface area contributed by atoms with Gasteiger partial charge in [0.15, 0.2) is 0 Å². The molecule has 0 spiro atoms. The van der Waals surface area contributed by atoms with Gasteiger partial charge in [0.2, 0.25) is 0 Å². The number of rotatable bonds is 9. The van der Waals surface area contributed by atoms with Crippen molar-refractivity contribution in [2.75, 3.05) is 4.90 Å². The maximum Gasteiger partial charge on any atom is 0.0456 e. The van der Waals surface area contributed by atoms with Gasteiger partial charge >= 0.3 is 0 Å². The lowest BCUT2D eigenvalue weighted by Gasteiger charge is -2.23. The van der Waals surface area contributed by atoms with Crippen LogP contribution in [0.15, 0.2) is 182 Å². The molecule has 0 aliphatic rings. The lowest BCUT2D eigenvalue weighted by atomic mass is 9.96. The van der Waals surface area contributed by atoms with E-state index in [0.717, 1.165) is 22.5 Å². The second-order valence-electron chi connectivity index (χ2n) is 11.2. The molecule has 0 amide bonds. The van der Waals surface area contributed by atoms with Gasteiger partial charge in [-0.3, -0.25) is 0 Å². The Balaban J connectivity index is 1.34. The summed E-state index contributed by atoms with van der Waals surface area (Å²) in [7, 11) is 0. The normalized spacial score (nSPS) is 10.8. The van der Waals surface area contributed by atoms with Gasteiger partial charge < -0.3 is 4.90 Å². The summed E-state index contributed by atoms with van der Waals surface area (Å²) >= 11 is 0. The van der Waals surface area contributed by atoms with Gasteiger partial charge in [0, 0.05) is 23.1 Å². The van der Waals surface area contributed by atoms with Crippen LogP contribution in [-0.4, -0.2) is 0 Å². The van der Waals surface area contributed by atoms with Crippen LogP contribution in [0.2, 0.25) is 0 Å². The molecular formula is C44H37N. The van der Waals surface area contributed by atoms with Crippen molar-refractivity contribution in [3.05, 3.63) is 221 Å². The van der Waals surface area contributed by atoms with E-state index in [9.17, 15) is 0 Å². The van der Waals surface area contributed by atoms with Crippen LogP contribution in [0.4, 0.5) is 11.4 Å². The van der Waals surface area contributed by atoms with Crippen LogP contribution in [0.25, 0.3) is 17.2 Å². The molecule has 0 unspecified atom stereocenters. The van der Waals surface area contributed by atoms with Gasteiger partial charge in [-0.2, -0.15) is 0 Å². The number of anilines is 2. The molecule has 45 heavy (non-hydrogen) atoms. The number of nitrogens with zero attached hydrogens (tertiary/aromatic N) is 1. The highest BCUT2D eigenvalue weighted by atomic mass is 15.1. The van der Waals surface area contributed by atoms with E-state index in [1.165, 1.54) is 39.0 Å². The van der Waals surface area contributed by atoms with E-state index in [4.69, 9.17) is 0 Å². The summed E-state index contributed by atoms with van der Waals surface area (Å²) in [6, 6.07) is 58.0. The Bertz CT molecular complexity index is 1810. The van der Waals surface area contributed by atoms with E-state index in [1.807, 2.05) is 0 Å². The maximum absolute atomic E-state index is 2.27. The molecule has 6 aromatic carbocycles. The third-order valence-electron chi connectivity index (χ3n) is 7.91. The van der Waals surface area contributed by atoms with Gasteiger partial charge in [-0.1, -0.05) is 169 Å². The Kier molecular flexibility index (Phi) is 9.29. The molecule has 0 aliphatic carbocycles. The van der Waals surface area contributed by atoms with Crippen molar-refractivity contribution >= 4 is 28.6 Å². The van der Waals surface area contributed by atoms with E-state index in [2.05, 4.69) is 207 Å². The molecule has 6 aromatic rings. The number of para-hydroxylation sites is 1. The van der Waals surface area contributed by atoms with Crippen LogP contribution in [0, 0.1) is 13.8 Å². The fourth-order valence-electron chi connectivity index (χ4n) is 5.39. The van der Waals surface area contributed by atoms with Crippen molar-refractivity contribution in [2.24, 2.45) is 0 Å². The van der Waals surface area contributed by atoms with Crippen molar-refractivity contribution in [1.29, 1.82) is 0 Å². The molecule has 0 atom stereocenters. The fraction of sp³-hybridized carbons (Fsp3) is 0.0455.